The fraction of sp³-hybridized carbons (Fsp3) is 0.333. The molecule has 2 heterocycles. The molecule has 4 rings (SSSR count). The Kier molecular flexibility index (Phi) is 4.58. The summed E-state index contributed by atoms with van der Waals surface area (Å²) >= 11 is 0. The number of hydrogen-bond acceptors (Lipinski definition) is 4. The summed E-state index contributed by atoms with van der Waals surface area (Å²) in [5.41, 5.74) is 3.93. The van der Waals surface area contributed by atoms with Gasteiger partial charge in [-0.2, -0.15) is 0 Å². The van der Waals surface area contributed by atoms with Crippen LogP contribution in [0.25, 0.3) is 11.6 Å². The van der Waals surface area contributed by atoms with Crippen LogP contribution in [0.2, 0.25) is 0 Å². The Morgan fingerprint density at radius 3 is 2.75 bits per heavy atom. The minimum absolute atomic E-state index is 0.0182. The Bertz CT molecular complexity index is 1060. The number of anilines is 1. The molecule has 144 valence electrons. The number of fused-ring (bicyclic) bond motifs is 1. The first-order valence-corrected chi connectivity index (χ1v) is 9.48. The van der Waals surface area contributed by atoms with Gasteiger partial charge in [0, 0.05) is 50.0 Å². The molecular weight excluding hydrogens is 356 g/mol. The maximum Gasteiger partial charge on any atom is 0.253 e. The Labute approximate surface area is 162 Å². The number of nitrogens with zero attached hydrogens (tertiary/aromatic N) is 2. The molecule has 2 aromatic heterocycles. The van der Waals surface area contributed by atoms with Gasteiger partial charge in [-0.3, -0.25) is 14.4 Å². The smallest absolute Gasteiger partial charge is 0.253 e. The molecule has 2 aliphatic carbocycles. The van der Waals surface area contributed by atoms with Gasteiger partial charge in [0.05, 0.1) is 5.56 Å². The van der Waals surface area contributed by atoms with Crippen molar-refractivity contribution >= 4 is 29.3 Å². The standard InChI is InChI=1S/C21H22N4O3/c1-3-25-11-13(6-7-18(25)26)14-8-15-16(9-14)19(24-20(27)12-4-5-12)23-10-17(15)21(28)22-2/h6-8,10-12H,3-5,9H2,1-2H3,(H,22,28)(H,23,24,27). The number of amides is 2. The molecule has 1 fully saturated rings. The highest BCUT2D eigenvalue weighted by Crippen LogP contribution is 2.37. The summed E-state index contributed by atoms with van der Waals surface area (Å²) in [6.45, 7) is 2.50. The summed E-state index contributed by atoms with van der Waals surface area (Å²) in [6.07, 6.45) is 7.64. The average Bonchev–Trinajstić information content (AvgIpc) is 3.46. The van der Waals surface area contributed by atoms with Crippen molar-refractivity contribution < 1.29 is 9.59 Å². The van der Waals surface area contributed by atoms with Gasteiger partial charge >= 0.3 is 0 Å². The van der Waals surface area contributed by atoms with E-state index < -0.39 is 0 Å². The molecule has 2 amide bonds. The van der Waals surface area contributed by atoms with Crippen molar-refractivity contribution in [3.05, 3.63) is 57.1 Å². The van der Waals surface area contributed by atoms with Gasteiger partial charge in [0.15, 0.2) is 0 Å². The molecule has 2 aliphatic rings. The number of carbonyl (C=O) groups excluding carboxylic acids is 2. The van der Waals surface area contributed by atoms with E-state index in [1.807, 2.05) is 19.2 Å². The van der Waals surface area contributed by atoms with Crippen LogP contribution in [-0.4, -0.2) is 28.4 Å². The van der Waals surface area contributed by atoms with Crippen molar-refractivity contribution in [1.82, 2.24) is 14.9 Å². The van der Waals surface area contributed by atoms with Crippen molar-refractivity contribution in [2.75, 3.05) is 12.4 Å². The number of nitrogens with one attached hydrogen (secondary N) is 2. The predicted octanol–water partition coefficient (Wildman–Crippen LogP) is 2.07. The maximum absolute atomic E-state index is 12.3. The first-order chi connectivity index (χ1) is 13.5. The van der Waals surface area contributed by atoms with Crippen LogP contribution in [0.5, 0.6) is 0 Å². The molecule has 0 aliphatic heterocycles. The molecule has 0 spiro atoms. The molecule has 0 radical (unpaired) electrons. The lowest BCUT2D eigenvalue weighted by Crippen LogP contribution is -2.21. The van der Waals surface area contributed by atoms with Gasteiger partial charge in [-0.1, -0.05) is 0 Å². The molecule has 7 nitrogen and oxygen atoms in total. The van der Waals surface area contributed by atoms with Gasteiger partial charge in [0.25, 0.3) is 11.5 Å². The summed E-state index contributed by atoms with van der Waals surface area (Å²) in [4.78, 5) is 40.8. The third kappa shape index (κ3) is 3.24. The van der Waals surface area contributed by atoms with E-state index in [-0.39, 0.29) is 23.3 Å². The molecule has 1 saturated carbocycles. The Hall–Kier alpha value is -3.22. The fourth-order valence-electron chi connectivity index (χ4n) is 3.47. The summed E-state index contributed by atoms with van der Waals surface area (Å²) in [5.74, 6) is 0.336. The molecule has 0 saturated heterocycles. The number of carbonyl (C=O) groups is 2. The van der Waals surface area contributed by atoms with Crippen LogP contribution in [0.15, 0.2) is 29.3 Å². The molecule has 7 heteroatoms. The first kappa shape index (κ1) is 18.2. The monoisotopic (exact) mass is 378 g/mol. The number of rotatable bonds is 5. The van der Waals surface area contributed by atoms with Gasteiger partial charge in [-0.25, -0.2) is 4.98 Å². The van der Waals surface area contributed by atoms with E-state index in [9.17, 15) is 14.4 Å². The molecule has 2 aromatic rings. The largest absolute Gasteiger partial charge is 0.355 e. The average molecular weight is 378 g/mol. The molecule has 2 N–H and O–H groups in total. The van der Waals surface area contributed by atoms with Crippen LogP contribution >= 0.6 is 0 Å². The van der Waals surface area contributed by atoms with E-state index >= 15 is 0 Å². The van der Waals surface area contributed by atoms with E-state index in [2.05, 4.69) is 15.6 Å². The number of aromatic nitrogens is 2. The van der Waals surface area contributed by atoms with E-state index in [4.69, 9.17) is 0 Å². The molecule has 28 heavy (non-hydrogen) atoms. The third-order valence-corrected chi connectivity index (χ3v) is 5.27. The molecule has 0 aromatic carbocycles. The van der Waals surface area contributed by atoms with Gasteiger partial charge in [0.1, 0.15) is 5.82 Å². The minimum atomic E-state index is -0.222. The second-order valence-corrected chi connectivity index (χ2v) is 7.14. The molecular formula is C21H22N4O3. The number of aryl methyl sites for hydroxylation is 1. The summed E-state index contributed by atoms with van der Waals surface area (Å²) in [5, 5.41) is 5.56. The molecule has 0 bridgehead atoms. The summed E-state index contributed by atoms with van der Waals surface area (Å²) in [7, 11) is 1.58. The zero-order valence-electron chi connectivity index (χ0n) is 15.9. The van der Waals surface area contributed by atoms with Crippen molar-refractivity contribution in [3.63, 3.8) is 0 Å². The number of pyridine rings is 2. The lowest BCUT2D eigenvalue weighted by Gasteiger charge is -2.12. The van der Waals surface area contributed by atoms with E-state index in [0.717, 1.165) is 35.1 Å². The van der Waals surface area contributed by atoms with E-state index in [1.54, 1.807) is 23.7 Å². The van der Waals surface area contributed by atoms with E-state index in [1.165, 1.54) is 6.20 Å². The SMILES string of the molecule is CCn1cc(C2=Cc3c(C(=O)NC)cnc(NC(=O)C4CC4)c3C2)ccc1=O. The van der Waals surface area contributed by atoms with Crippen molar-refractivity contribution in [2.45, 2.75) is 32.7 Å². The lowest BCUT2D eigenvalue weighted by molar-refractivity contribution is -0.117. The Morgan fingerprint density at radius 1 is 1.29 bits per heavy atom. The Balaban J connectivity index is 1.75. The van der Waals surface area contributed by atoms with Crippen LogP contribution in [-0.2, 0) is 17.8 Å². The van der Waals surface area contributed by atoms with Crippen LogP contribution in [0.4, 0.5) is 5.82 Å². The second kappa shape index (κ2) is 7.07. The zero-order valence-corrected chi connectivity index (χ0v) is 15.9. The van der Waals surface area contributed by atoms with Crippen LogP contribution in [0, 0.1) is 5.92 Å². The highest BCUT2D eigenvalue weighted by molar-refractivity contribution is 6.04. The van der Waals surface area contributed by atoms with Crippen molar-refractivity contribution in [2.24, 2.45) is 5.92 Å². The van der Waals surface area contributed by atoms with Gasteiger partial charge in [-0.05, 0) is 48.6 Å². The normalized spacial score (nSPS) is 15.0. The number of hydrogen-bond donors (Lipinski definition) is 2. The van der Waals surface area contributed by atoms with E-state index in [0.29, 0.717) is 24.3 Å². The second-order valence-electron chi connectivity index (χ2n) is 7.14. The van der Waals surface area contributed by atoms with Gasteiger partial charge < -0.3 is 15.2 Å². The van der Waals surface area contributed by atoms with Crippen LogP contribution in [0.1, 0.15) is 46.8 Å². The van der Waals surface area contributed by atoms with Crippen LogP contribution < -0.4 is 16.2 Å². The maximum atomic E-state index is 12.3. The van der Waals surface area contributed by atoms with Crippen molar-refractivity contribution in [3.8, 4) is 0 Å². The first-order valence-electron chi connectivity index (χ1n) is 9.48. The summed E-state index contributed by atoms with van der Waals surface area (Å²) < 4.78 is 1.65. The Morgan fingerprint density at radius 2 is 2.07 bits per heavy atom. The molecule has 0 atom stereocenters. The molecule has 0 unspecified atom stereocenters. The zero-order chi connectivity index (χ0) is 19.8. The lowest BCUT2D eigenvalue weighted by atomic mass is 10.0. The number of allylic oxidation sites excluding steroid dienone is 1. The van der Waals surface area contributed by atoms with Crippen molar-refractivity contribution in [1.29, 1.82) is 0 Å². The predicted molar refractivity (Wildman–Crippen MR) is 107 cm³/mol. The quantitative estimate of drug-likeness (QED) is 0.833. The minimum Gasteiger partial charge on any atom is -0.355 e. The highest BCUT2D eigenvalue weighted by Gasteiger charge is 2.31. The summed E-state index contributed by atoms with van der Waals surface area (Å²) in [6, 6.07) is 3.35. The highest BCUT2D eigenvalue weighted by atomic mass is 16.2. The van der Waals surface area contributed by atoms with Gasteiger partial charge in [-0.15, -0.1) is 0 Å². The third-order valence-electron chi connectivity index (χ3n) is 5.27. The van der Waals surface area contributed by atoms with Gasteiger partial charge in [0.2, 0.25) is 5.91 Å². The van der Waals surface area contributed by atoms with Crippen LogP contribution in [0.3, 0.4) is 0 Å². The fourth-order valence-corrected chi connectivity index (χ4v) is 3.47. The topological polar surface area (TPSA) is 93.1 Å².